The van der Waals surface area contributed by atoms with Crippen molar-refractivity contribution in [1.82, 2.24) is 15.1 Å². The third kappa shape index (κ3) is 2.66. The van der Waals surface area contributed by atoms with Crippen LogP contribution in [0.3, 0.4) is 0 Å². The Labute approximate surface area is 112 Å². The number of nitrogens with one attached hydrogen (secondary N) is 1. The van der Waals surface area contributed by atoms with Crippen LogP contribution >= 0.6 is 0 Å². The molecule has 0 aliphatic rings. The zero-order valence-corrected chi connectivity index (χ0v) is 11.1. The minimum Gasteiger partial charge on any atom is -0.364 e. The van der Waals surface area contributed by atoms with E-state index in [9.17, 15) is 4.79 Å². The first-order valence-electron chi connectivity index (χ1n) is 6.29. The number of aromatic nitrogens is 2. The van der Waals surface area contributed by atoms with Crippen LogP contribution in [-0.4, -0.2) is 22.7 Å². The van der Waals surface area contributed by atoms with Crippen LogP contribution in [0.2, 0.25) is 0 Å². The summed E-state index contributed by atoms with van der Waals surface area (Å²) in [5, 5.41) is 7.48. The van der Waals surface area contributed by atoms with E-state index in [2.05, 4.69) is 23.4 Å². The van der Waals surface area contributed by atoms with Gasteiger partial charge in [0.2, 0.25) is 0 Å². The van der Waals surface area contributed by atoms with Crippen molar-refractivity contribution in [2.45, 2.75) is 19.4 Å². The van der Waals surface area contributed by atoms with Gasteiger partial charge in [-0.05, 0) is 31.2 Å². The number of benzene rings is 1. The molecule has 0 saturated heterocycles. The number of rotatable bonds is 5. The van der Waals surface area contributed by atoms with Crippen molar-refractivity contribution in [1.29, 1.82) is 0 Å². The van der Waals surface area contributed by atoms with Crippen LogP contribution in [-0.2, 0) is 0 Å². The van der Waals surface area contributed by atoms with Gasteiger partial charge in [-0.1, -0.05) is 25.1 Å². The number of nitrogens with two attached hydrogens (primary N) is 1. The Balaban J connectivity index is 2.46. The Hall–Kier alpha value is -2.14. The van der Waals surface area contributed by atoms with Crippen LogP contribution in [0, 0.1) is 0 Å². The second kappa shape index (κ2) is 5.67. The molecular formula is C14H18N4O. The molecule has 1 amide bonds. The minimum absolute atomic E-state index is 0.248. The van der Waals surface area contributed by atoms with Gasteiger partial charge in [0.05, 0.1) is 5.69 Å². The summed E-state index contributed by atoms with van der Waals surface area (Å²) in [7, 11) is 1.93. The van der Waals surface area contributed by atoms with Crippen LogP contribution in [0.15, 0.2) is 36.5 Å². The lowest BCUT2D eigenvalue weighted by atomic mass is 10.0. The molecule has 1 unspecified atom stereocenters. The molecule has 100 valence electrons. The highest BCUT2D eigenvalue weighted by molar-refractivity contribution is 5.90. The summed E-state index contributed by atoms with van der Waals surface area (Å²) in [4.78, 5) is 11.1. The fourth-order valence-electron chi connectivity index (χ4n) is 2.16. The lowest BCUT2D eigenvalue weighted by molar-refractivity contribution is 0.0995. The standard InChI is InChI=1S/C14H18N4O/c1-3-11(16-2)10-6-4-5-7-13(10)18-9-8-12(17-18)14(15)19/h4-9,11,16H,3H2,1-2H3,(H2,15,19). The van der Waals surface area contributed by atoms with Crippen molar-refractivity contribution >= 4 is 5.91 Å². The van der Waals surface area contributed by atoms with Gasteiger partial charge in [-0.2, -0.15) is 5.10 Å². The summed E-state index contributed by atoms with van der Waals surface area (Å²) in [5.41, 5.74) is 7.60. The Kier molecular flexibility index (Phi) is 3.97. The number of carbonyl (C=O) groups is 1. The molecule has 5 heteroatoms. The van der Waals surface area contributed by atoms with Gasteiger partial charge in [-0.3, -0.25) is 4.79 Å². The molecule has 0 fully saturated rings. The van der Waals surface area contributed by atoms with Gasteiger partial charge in [-0.25, -0.2) is 4.68 Å². The SMILES string of the molecule is CCC(NC)c1ccccc1-n1ccc(C(N)=O)n1. The van der Waals surface area contributed by atoms with Crippen molar-refractivity contribution in [3.8, 4) is 5.69 Å². The Morgan fingerprint density at radius 1 is 1.42 bits per heavy atom. The largest absolute Gasteiger partial charge is 0.364 e. The van der Waals surface area contributed by atoms with Crippen molar-refractivity contribution in [3.63, 3.8) is 0 Å². The van der Waals surface area contributed by atoms with Crippen molar-refractivity contribution in [3.05, 3.63) is 47.8 Å². The predicted octanol–water partition coefficient (Wildman–Crippen LogP) is 1.64. The lowest BCUT2D eigenvalue weighted by Crippen LogP contribution is -2.18. The van der Waals surface area contributed by atoms with E-state index < -0.39 is 5.91 Å². The van der Waals surface area contributed by atoms with E-state index in [1.165, 1.54) is 0 Å². The highest BCUT2D eigenvalue weighted by atomic mass is 16.1. The van der Waals surface area contributed by atoms with E-state index in [4.69, 9.17) is 5.73 Å². The zero-order valence-electron chi connectivity index (χ0n) is 11.1. The van der Waals surface area contributed by atoms with Crippen molar-refractivity contribution in [2.75, 3.05) is 7.05 Å². The minimum atomic E-state index is -0.517. The topological polar surface area (TPSA) is 72.9 Å². The predicted molar refractivity (Wildman–Crippen MR) is 74.2 cm³/mol. The fraction of sp³-hybridized carbons (Fsp3) is 0.286. The third-order valence-electron chi connectivity index (χ3n) is 3.16. The molecule has 2 aromatic rings. The molecule has 1 atom stereocenters. The number of para-hydroxylation sites is 1. The quantitative estimate of drug-likeness (QED) is 0.856. The number of carbonyl (C=O) groups excluding carboxylic acids is 1. The third-order valence-corrected chi connectivity index (χ3v) is 3.16. The molecule has 0 bridgehead atoms. The number of hydrogen-bond acceptors (Lipinski definition) is 3. The molecule has 5 nitrogen and oxygen atoms in total. The molecule has 1 aromatic heterocycles. The molecule has 1 heterocycles. The van der Waals surface area contributed by atoms with Gasteiger partial charge in [0, 0.05) is 12.2 Å². The summed E-state index contributed by atoms with van der Waals surface area (Å²) in [6.07, 6.45) is 2.72. The summed E-state index contributed by atoms with van der Waals surface area (Å²) >= 11 is 0. The summed E-state index contributed by atoms with van der Waals surface area (Å²) < 4.78 is 1.69. The van der Waals surface area contributed by atoms with Crippen LogP contribution < -0.4 is 11.1 Å². The van der Waals surface area contributed by atoms with E-state index >= 15 is 0 Å². The average Bonchev–Trinajstić information content (AvgIpc) is 2.90. The summed E-state index contributed by atoms with van der Waals surface area (Å²) in [5.74, 6) is -0.517. The number of nitrogens with zero attached hydrogens (tertiary/aromatic N) is 2. The molecule has 3 N–H and O–H groups in total. The van der Waals surface area contributed by atoms with E-state index in [0.29, 0.717) is 0 Å². The molecule has 2 rings (SSSR count). The summed E-state index contributed by atoms with van der Waals surface area (Å²) in [6.45, 7) is 2.12. The van der Waals surface area contributed by atoms with E-state index in [-0.39, 0.29) is 11.7 Å². The fourth-order valence-corrected chi connectivity index (χ4v) is 2.16. The van der Waals surface area contributed by atoms with Crippen LogP contribution in [0.1, 0.15) is 35.4 Å². The second-order valence-corrected chi connectivity index (χ2v) is 4.32. The maximum Gasteiger partial charge on any atom is 0.269 e. The van der Waals surface area contributed by atoms with Gasteiger partial charge in [0.1, 0.15) is 5.69 Å². The molecule has 0 spiro atoms. The van der Waals surface area contributed by atoms with Gasteiger partial charge < -0.3 is 11.1 Å². The van der Waals surface area contributed by atoms with E-state index in [1.807, 2.05) is 25.2 Å². The normalized spacial score (nSPS) is 12.3. The second-order valence-electron chi connectivity index (χ2n) is 4.32. The monoisotopic (exact) mass is 258 g/mol. The lowest BCUT2D eigenvalue weighted by Gasteiger charge is -2.18. The van der Waals surface area contributed by atoms with Gasteiger partial charge in [0.25, 0.3) is 5.91 Å². The van der Waals surface area contributed by atoms with Gasteiger partial charge in [0.15, 0.2) is 0 Å². The molecule has 0 radical (unpaired) electrons. The molecule has 1 aromatic carbocycles. The first-order valence-corrected chi connectivity index (χ1v) is 6.29. The molecular weight excluding hydrogens is 240 g/mol. The number of hydrogen-bond donors (Lipinski definition) is 2. The summed E-state index contributed by atoms with van der Waals surface area (Å²) in [6, 6.07) is 9.86. The maximum atomic E-state index is 11.1. The van der Waals surface area contributed by atoms with Crippen molar-refractivity contribution < 1.29 is 4.79 Å². The van der Waals surface area contributed by atoms with Gasteiger partial charge in [-0.15, -0.1) is 0 Å². The Morgan fingerprint density at radius 3 is 2.74 bits per heavy atom. The smallest absolute Gasteiger partial charge is 0.269 e. The molecule has 19 heavy (non-hydrogen) atoms. The highest BCUT2D eigenvalue weighted by Gasteiger charge is 2.14. The Bertz CT molecular complexity index is 572. The number of primary amides is 1. The van der Waals surface area contributed by atoms with Gasteiger partial charge >= 0.3 is 0 Å². The Morgan fingerprint density at radius 2 is 2.16 bits per heavy atom. The maximum absolute atomic E-state index is 11.1. The van der Waals surface area contributed by atoms with Crippen LogP contribution in [0.5, 0.6) is 0 Å². The molecule has 0 aliphatic heterocycles. The average molecular weight is 258 g/mol. The zero-order chi connectivity index (χ0) is 13.8. The van der Waals surface area contributed by atoms with Crippen LogP contribution in [0.4, 0.5) is 0 Å². The highest BCUT2D eigenvalue weighted by Crippen LogP contribution is 2.23. The first kappa shape index (κ1) is 13.3. The van der Waals surface area contributed by atoms with E-state index in [1.54, 1.807) is 16.9 Å². The first-order chi connectivity index (χ1) is 9.17. The van der Waals surface area contributed by atoms with E-state index in [0.717, 1.165) is 17.7 Å². The van der Waals surface area contributed by atoms with Crippen LogP contribution in [0.25, 0.3) is 5.69 Å². The number of amides is 1. The molecule has 0 aliphatic carbocycles. The van der Waals surface area contributed by atoms with Crippen molar-refractivity contribution in [2.24, 2.45) is 5.73 Å². The molecule has 0 saturated carbocycles.